The first kappa shape index (κ1) is 29.1. The van der Waals surface area contributed by atoms with Crippen LogP contribution in [-0.4, -0.2) is 63.1 Å². The summed E-state index contributed by atoms with van der Waals surface area (Å²) in [5, 5.41) is 0. The highest BCUT2D eigenvalue weighted by Crippen LogP contribution is 2.32. The van der Waals surface area contributed by atoms with Gasteiger partial charge in [0.1, 0.15) is 11.6 Å². The lowest BCUT2D eigenvalue weighted by Crippen LogP contribution is -2.34. The summed E-state index contributed by atoms with van der Waals surface area (Å²) < 4.78 is 71.0. The Hall–Kier alpha value is -2.50. The van der Waals surface area contributed by atoms with Gasteiger partial charge in [0, 0.05) is 40.0 Å². The molecule has 0 spiro atoms. The number of aromatic nitrogens is 2. The topological polar surface area (TPSA) is 75.6 Å². The third-order valence-corrected chi connectivity index (χ3v) is 8.48. The number of rotatable bonds is 11. The highest BCUT2D eigenvalue weighted by Gasteiger charge is 2.32. The number of hydrogen-bond acceptors (Lipinski definition) is 6. The molecule has 0 bridgehead atoms. The van der Waals surface area contributed by atoms with Gasteiger partial charge in [-0.1, -0.05) is 12.2 Å². The molecule has 1 aromatic heterocycles. The van der Waals surface area contributed by atoms with Crippen molar-refractivity contribution in [2.75, 3.05) is 45.3 Å². The minimum Gasteiger partial charge on any atom is -0.377 e. The molecule has 0 unspecified atom stereocenters. The third kappa shape index (κ3) is 8.51. The van der Waals surface area contributed by atoms with Crippen molar-refractivity contribution in [2.45, 2.75) is 43.7 Å². The fraction of sp³-hybridized carbons (Fsp3) is 0.538. The summed E-state index contributed by atoms with van der Waals surface area (Å²) in [5.41, 5.74) is -0.866. The number of hydrogen-bond donors (Lipinski definition) is 0. The van der Waals surface area contributed by atoms with Crippen molar-refractivity contribution >= 4 is 15.8 Å². The van der Waals surface area contributed by atoms with Gasteiger partial charge in [-0.2, -0.15) is 13.2 Å². The van der Waals surface area contributed by atoms with Crippen molar-refractivity contribution in [1.29, 1.82) is 0 Å². The van der Waals surface area contributed by atoms with E-state index in [1.165, 1.54) is 11.4 Å². The molecular weight excluding hydrogens is 505 g/mol. The average molecular weight is 541 g/mol. The van der Waals surface area contributed by atoms with Crippen LogP contribution in [0, 0.1) is 18.8 Å². The maximum absolute atomic E-state index is 12.8. The van der Waals surface area contributed by atoms with Gasteiger partial charge in [-0.05, 0) is 74.8 Å². The standard InChI is InChI=1S/C26H35F3N4O3S/c1-20-30-15-14-25(31-20)32(2)16-4-5-17-36-19-22-8-6-21(7-9-22)18-33(3)37(34,35)24-12-10-23(11-13-24)26(27,28)29/h4-5,10-15,21-22H,6-9,16-19H2,1-3H3/b5-4+/t21-,22-. The minimum atomic E-state index is -4.50. The Morgan fingerprint density at radius 2 is 1.68 bits per heavy atom. The normalized spacial score (nSPS) is 19.0. The van der Waals surface area contributed by atoms with E-state index in [1.54, 1.807) is 6.20 Å². The molecule has 0 radical (unpaired) electrons. The molecule has 1 aliphatic rings. The Morgan fingerprint density at radius 1 is 1.03 bits per heavy atom. The zero-order valence-corrected chi connectivity index (χ0v) is 22.3. The SMILES string of the molecule is Cc1nccc(N(C)C/C=C/COC[C@H]2CC[C@H](CN(C)S(=O)(=O)c3ccc(C(F)(F)F)cc3)CC2)n1. The van der Waals surface area contributed by atoms with Crippen LogP contribution in [0.2, 0.25) is 0 Å². The van der Waals surface area contributed by atoms with Gasteiger partial charge >= 0.3 is 6.18 Å². The predicted octanol–water partition coefficient (Wildman–Crippen LogP) is 4.94. The Morgan fingerprint density at radius 3 is 2.30 bits per heavy atom. The van der Waals surface area contributed by atoms with Crippen LogP contribution in [0.25, 0.3) is 0 Å². The zero-order valence-electron chi connectivity index (χ0n) is 21.5. The van der Waals surface area contributed by atoms with E-state index < -0.39 is 21.8 Å². The fourth-order valence-electron chi connectivity index (χ4n) is 4.39. The molecule has 3 rings (SSSR count). The van der Waals surface area contributed by atoms with Crippen LogP contribution in [-0.2, 0) is 20.9 Å². The van der Waals surface area contributed by atoms with Crippen molar-refractivity contribution in [3.8, 4) is 0 Å². The summed E-state index contributed by atoms with van der Waals surface area (Å²) >= 11 is 0. The first-order valence-electron chi connectivity index (χ1n) is 12.3. The van der Waals surface area contributed by atoms with E-state index in [1.807, 2.05) is 37.1 Å². The first-order valence-corrected chi connectivity index (χ1v) is 13.8. The van der Waals surface area contributed by atoms with E-state index in [-0.39, 0.29) is 10.8 Å². The van der Waals surface area contributed by atoms with Crippen LogP contribution in [0.3, 0.4) is 0 Å². The number of ether oxygens (including phenoxy) is 1. The van der Waals surface area contributed by atoms with Crippen LogP contribution in [0.5, 0.6) is 0 Å². The molecule has 1 heterocycles. The molecule has 1 fully saturated rings. The Bertz CT molecular complexity index is 1130. The summed E-state index contributed by atoms with van der Waals surface area (Å²) in [4.78, 5) is 10.4. The zero-order chi connectivity index (χ0) is 27.1. The molecule has 1 aliphatic carbocycles. The van der Waals surface area contributed by atoms with E-state index in [0.29, 0.717) is 32.2 Å². The third-order valence-electron chi connectivity index (χ3n) is 6.64. The second-order valence-corrected chi connectivity index (χ2v) is 11.6. The molecule has 2 aromatic rings. The Balaban J connectivity index is 1.35. The smallest absolute Gasteiger partial charge is 0.377 e. The van der Waals surface area contributed by atoms with Crippen LogP contribution in [0.1, 0.15) is 37.1 Å². The Labute approximate surface area is 217 Å². The van der Waals surface area contributed by atoms with Gasteiger partial charge in [0.05, 0.1) is 17.1 Å². The summed E-state index contributed by atoms with van der Waals surface area (Å²) in [6.45, 7) is 4.12. The molecule has 0 N–H and O–H groups in total. The molecule has 0 aliphatic heterocycles. The van der Waals surface area contributed by atoms with Gasteiger partial charge in [-0.15, -0.1) is 0 Å². The summed E-state index contributed by atoms with van der Waals surface area (Å²) in [5.74, 6) is 2.26. The van der Waals surface area contributed by atoms with Crippen molar-refractivity contribution in [1.82, 2.24) is 14.3 Å². The largest absolute Gasteiger partial charge is 0.416 e. The molecule has 1 saturated carbocycles. The van der Waals surface area contributed by atoms with Gasteiger partial charge in [-0.3, -0.25) is 0 Å². The van der Waals surface area contributed by atoms with Crippen molar-refractivity contribution in [2.24, 2.45) is 11.8 Å². The second kappa shape index (κ2) is 12.8. The van der Waals surface area contributed by atoms with E-state index >= 15 is 0 Å². The average Bonchev–Trinajstić information content (AvgIpc) is 2.86. The first-order chi connectivity index (χ1) is 17.5. The second-order valence-electron chi connectivity index (χ2n) is 9.55. The lowest BCUT2D eigenvalue weighted by molar-refractivity contribution is -0.137. The number of aryl methyl sites for hydroxylation is 1. The number of likely N-dealkylation sites (N-methyl/N-ethyl adjacent to an activating group) is 1. The summed E-state index contributed by atoms with van der Waals surface area (Å²) in [7, 11) is -0.386. The van der Waals surface area contributed by atoms with Gasteiger partial charge in [0.25, 0.3) is 0 Å². The molecule has 0 saturated heterocycles. The maximum Gasteiger partial charge on any atom is 0.416 e. The van der Waals surface area contributed by atoms with E-state index in [2.05, 4.69) is 9.97 Å². The van der Waals surface area contributed by atoms with Gasteiger partial charge in [-0.25, -0.2) is 22.7 Å². The lowest BCUT2D eigenvalue weighted by Gasteiger charge is -2.30. The number of sulfonamides is 1. The monoisotopic (exact) mass is 540 g/mol. The van der Waals surface area contributed by atoms with Crippen LogP contribution >= 0.6 is 0 Å². The van der Waals surface area contributed by atoms with Crippen molar-refractivity contribution < 1.29 is 26.3 Å². The van der Waals surface area contributed by atoms with E-state index in [9.17, 15) is 21.6 Å². The molecule has 7 nitrogen and oxygen atoms in total. The Kier molecular flexibility index (Phi) is 10.1. The highest BCUT2D eigenvalue weighted by atomic mass is 32.2. The van der Waals surface area contributed by atoms with Crippen molar-refractivity contribution in [3.05, 3.63) is 60.1 Å². The number of nitrogens with zero attached hydrogens (tertiary/aromatic N) is 4. The van der Waals surface area contributed by atoms with E-state index in [0.717, 1.165) is 61.6 Å². The summed E-state index contributed by atoms with van der Waals surface area (Å²) in [6.07, 6.45) is 4.97. The highest BCUT2D eigenvalue weighted by molar-refractivity contribution is 7.89. The van der Waals surface area contributed by atoms with Gasteiger partial charge < -0.3 is 9.64 Å². The molecule has 1 aromatic carbocycles. The molecule has 0 amide bonds. The van der Waals surface area contributed by atoms with E-state index in [4.69, 9.17) is 4.74 Å². The minimum absolute atomic E-state index is 0.128. The number of anilines is 1. The quantitative estimate of drug-likeness (QED) is 0.297. The molecule has 0 atom stereocenters. The van der Waals surface area contributed by atoms with Crippen LogP contribution in [0.4, 0.5) is 19.0 Å². The fourth-order valence-corrected chi connectivity index (χ4v) is 5.64. The lowest BCUT2D eigenvalue weighted by atomic mass is 9.82. The number of benzene rings is 1. The maximum atomic E-state index is 12.8. The van der Waals surface area contributed by atoms with Crippen LogP contribution in [0.15, 0.2) is 53.6 Å². The molecule has 11 heteroatoms. The number of alkyl halides is 3. The van der Waals surface area contributed by atoms with Crippen LogP contribution < -0.4 is 4.90 Å². The molecular formula is C26H35F3N4O3S. The molecule has 37 heavy (non-hydrogen) atoms. The number of halogens is 3. The summed E-state index contributed by atoms with van der Waals surface area (Å²) in [6, 6.07) is 5.52. The van der Waals surface area contributed by atoms with Crippen molar-refractivity contribution in [3.63, 3.8) is 0 Å². The predicted molar refractivity (Wildman–Crippen MR) is 137 cm³/mol. The van der Waals surface area contributed by atoms with Gasteiger partial charge in [0.2, 0.25) is 10.0 Å². The van der Waals surface area contributed by atoms with Gasteiger partial charge in [0.15, 0.2) is 0 Å². The molecule has 204 valence electrons.